The Kier molecular flexibility index (Phi) is 5.62. The van der Waals surface area contributed by atoms with E-state index in [1.165, 1.54) is 18.9 Å². The SMILES string of the molecule is COC(=O)c1cccnc1SCC(=O)N1c2ccccc2CCc2ccccc21. The number of amides is 1. The van der Waals surface area contributed by atoms with Gasteiger partial charge in [0.25, 0.3) is 0 Å². The predicted molar refractivity (Wildman–Crippen MR) is 114 cm³/mol. The number of pyridine rings is 1. The third-order valence-electron chi connectivity index (χ3n) is 4.89. The number of methoxy groups -OCH3 is 1. The van der Waals surface area contributed by atoms with Gasteiger partial charge in [0.2, 0.25) is 5.91 Å². The number of ether oxygens (including phenoxy) is 1. The van der Waals surface area contributed by atoms with E-state index in [4.69, 9.17) is 4.74 Å². The van der Waals surface area contributed by atoms with Crippen molar-refractivity contribution in [2.45, 2.75) is 17.9 Å². The lowest BCUT2D eigenvalue weighted by Gasteiger charge is -2.25. The predicted octanol–water partition coefficient (Wildman–Crippen LogP) is 4.42. The molecule has 5 nitrogen and oxygen atoms in total. The number of aromatic nitrogens is 1. The fourth-order valence-electron chi connectivity index (χ4n) is 3.51. The minimum Gasteiger partial charge on any atom is -0.465 e. The number of benzene rings is 2. The van der Waals surface area contributed by atoms with Gasteiger partial charge in [-0.05, 0) is 48.2 Å². The number of nitrogens with zero attached hydrogens (tertiary/aromatic N) is 2. The molecule has 0 unspecified atom stereocenters. The Hall–Kier alpha value is -3.12. The average molecular weight is 404 g/mol. The molecule has 146 valence electrons. The Morgan fingerprint density at radius 1 is 0.966 bits per heavy atom. The van der Waals surface area contributed by atoms with Crippen molar-refractivity contribution in [3.63, 3.8) is 0 Å². The van der Waals surface area contributed by atoms with E-state index in [-0.39, 0.29) is 11.7 Å². The Balaban J connectivity index is 1.65. The zero-order valence-electron chi connectivity index (χ0n) is 16.0. The molecule has 3 aromatic rings. The fourth-order valence-corrected chi connectivity index (χ4v) is 4.35. The summed E-state index contributed by atoms with van der Waals surface area (Å²) < 4.78 is 4.82. The molecule has 1 aliphatic heterocycles. The first kappa shape index (κ1) is 19.2. The highest BCUT2D eigenvalue weighted by Crippen LogP contribution is 2.36. The van der Waals surface area contributed by atoms with Gasteiger partial charge in [0.15, 0.2) is 0 Å². The van der Waals surface area contributed by atoms with Gasteiger partial charge in [-0.25, -0.2) is 9.78 Å². The number of para-hydroxylation sites is 2. The molecule has 0 saturated heterocycles. The maximum Gasteiger partial charge on any atom is 0.340 e. The molecule has 0 bridgehead atoms. The van der Waals surface area contributed by atoms with Gasteiger partial charge in [-0.2, -0.15) is 0 Å². The van der Waals surface area contributed by atoms with Crippen LogP contribution in [-0.2, 0) is 22.4 Å². The summed E-state index contributed by atoms with van der Waals surface area (Å²) in [5.41, 5.74) is 4.49. The number of rotatable bonds is 4. The van der Waals surface area contributed by atoms with Crippen LogP contribution in [0.3, 0.4) is 0 Å². The maximum atomic E-state index is 13.4. The van der Waals surface area contributed by atoms with Crippen molar-refractivity contribution in [3.05, 3.63) is 83.6 Å². The third kappa shape index (κ3) is 3.89. The van der Waals surface area contributed by atoms with E-state index in [9.17, 15) is 9.59 Å². The summed E-state index contributed by atoms with van der Waals surface area (Å²) in [4.78, 5) is 31.4. The van der Waals surface area contributed by atoms with Crippen molar-refractivity contribution >= 4 is 35.0 Å². The molecular formula is C23H20N2O3S. The molecule has 1 aromatic heterocycles. The molecular weight excluding hydrogens is 384 g/mol. The van der Waals surface area contributed by atoms with Crippen LogP contribution in [0, 0.1) is 0 Å². The molecule has 0 atom stereocenters. The van der Waals surface area contributed by atoms with Crippen LogP contribution >= 0.6 is 11.8 Å². The molecule has 0 N–H and O–H groups in total. The molecule has 0 spiro atoms. The van der Waals surface area contributed by atoms with Gasteiger partial charge in [0, 0.05) is 6.20 Å². The van der Waals surface area contributed by atoms with E-state index in [0.717, 1.165) is 35.3 Å². The first-order valence-electron chi connectivity index (χ1n) is 9.34. The van der Waals surface area contributed by atoms with Crippen LogP contribution in [0.5, 0.6) is 0 Å². The van der Waals surface area contributed by atoms with Gasteiger partial charge in [-0.3, -0.25) is 9.69 Å². The molecule has 29 heavy (non-hydrogen) atoms. The highest BCUT2D eigenvalue weighted by Gasteiger charge is 2.26. The van der Waals surface area contributed by atoms with Crippen LogP contribution in [-0.4, -0.2) is 29.7 Å². The van der Waals surface area contributed by atoms with Crippen LogP contribution in [0.15, 0.2) is 71.9 Å². The van der Waals surface area contributed by atoms with Crippen molar-refractivity contribution in [3.8, 4) is 0 Å². The molecule has 2 heterocycles. The quantitative estimate of drug-likeness (QED) is 0.476. The van der Waals surface area contributed by atoms with E-state index < -0.39 is 5.97 Å². The minimum atomic E-state index is -0.460. The van der Waals surface area contributed by atoms with E-state index >= 15 is 0 Å². The summed E-state index contributed by atoms with van der Waals surface area (Å²) in [6.45, 7) is 0. The smallest absolute Gasteiger partial charge is 0.340 e. The topological polar surface area (TPSA) is 59.5 Å². The number of hydrogen-bond donors (Lipinski definition) is 0. The average Bonchev–Trinajstić information content (AvgIpc) is 2.94. The van der Waals surface area contributed by atoms with Crippen molar-refractivity contribution in [1.82, 2.24) is 4.98 Å². The standard InChI is InChI=1S/C23H20N2O3S/c1-28-23(27)18-9-6-14-24-22(18)29-15-21(26)25-19-10-4-2-7-16(19)12-13-17-8-3-5-11-20(17)25/h2-11,14H,12-13,15H2,1H3. The second-order valence-electron chi connectivity index (χ2n) is 6.62. The molecule has 1 aliphatic rings. The number of carbonyl (C=O) groups is 2. The highest BCUT2D eigenvalue weighted by molar-refractivity contribution is 8.00. The van der Waals surface area contributed by atoms with Crippen molar-refractivity contribution in [2.24, 2.45) is 0 Å². The van der Waals surface area contributed by atoms with E-state index in [1.807, 2.05) is 36.4 Å². The summed E-state index contributed by atoms with van der Waals surface area (Å²) in [5.74, 6) is -0.360. The van der Waals surface area contributed by atoms with Gasteiger partial charge in [-0.15, -0.1) is 0 Å². The summed E-state index contributed by atoms with van der Waals surface area (Å²) in [7, 11) is 1.33. The number of carbonyl (C=O) groups excluding carboxylic acids is 2. The van der Waals surface area contributed by atoms with Crippen molar-refractivity contribution in [1.29, 1.82) is 0 Å². The number of anilines is 2. The lowest BCUT2D eigenvalue weighted by molar-refractivity contribution is -0.115. The second-order valence-corrected chi connectivity index (χ2v) is 7.59. The molecule has 1 amide bonds. The van der Waals surface area contributed by atoms with Crippen LogP contribution in [0.25, 0.3) is 0 Å². The highest BCUT2D eigenvalue weighted by atomic mass is 32.2. The number of aryl methyl sites for hydroxylation is 2. The summed E-state index contributed by atoms with van der Waals surface area (Å²) in [6.07, 6.45) is 3.38. The maximum absolute atomic E-state index is 13.4. The Bertz CT molecular complexity index is 1020. The van der Waals surface area contributed by atoms with E-state index in [1.54, 1.807) is 23.2 Å². The second kappa shape index (κ2) is 8.49. The fraction of sp³-hybridized carbons (Fsp3) is 0.174. The van der Waals surface area contributed by atoms with E-state index in [0.29, 0.717) is 10.6 Å². The number of fused-ring (bicyclic) bond motifs is 2. The summed E-state index contributed by atoms with van der Waals surface area (Å²) >= 11 is 1.25. The summed E-state index contributed by atoms with van der Waals surface area (Å²) in [6, 6.07) is 19.4. The third-order valence-corrected chi connectivity index (χ3v) is 5.88. The van der Waals surface area contributed by atoms with Gasteiger partial charge in [0.1, 0.15) is 5.03 Å². The largest absolute Gasteiger partial charge is 0.465 e. The molecule has 2 aromatic carbocycles. The Morgan fingerprint density at radius 2 is 1.59 bits per heavy atom. The van der Waals surface area contributed by atoms with Crippen molar-refractivity contribution < 1.29 is 14.3 Å². The first-order valence-corrected chi connectivity index (χ1v) is 10.3. The normalized spacial score (nSPS) is 12.5. The van der Waals surface area contributed by atoms with Gasteiger partial charge in [0.05, 0.1) is 29.8 Å². The first-order chi connectivity index (χ1) is 14.2. The minimum absolute atomic E-state index is 0.0572. The number of hydrogen-bond acceptors (Lipinski definition) is 5. The van der Waals surface area contributed by atoms with Crippen LogP contribution < -0.4 is 4.90 Å². The molecule has 0 saturated carbocycles. The van der Waals surface area contributed by atoms with Gasteiger partial charge in [-0.1, -0.05) is 48.2 Å². The van der Waals surface area contributed by atoms with Crippen LogP contribution in [0.1, 0.15) is 21.5 Å². The van der Waals surface area contributed by atoms with Crippen LogP contribution in [0.4, 0.5) is 11.4 Å². The molecule has 0 fully saturated rings. The molecule has 4 rings (SSSR count). The molecule has 0 radical (unpaired) electrons. The lowest BCUT2D eigenvalue weighted by atomic mass is 10.0. The number of thioether (sulfide) groups is 1. The number of esters is 1. The van der Waals surface area contributed by atoms with Crippen molar-refractivity contribution in [2.75, 3.05) is 17.8 Å². The summed E-state index contributed by atoms with van der Waals surface area (Å²) in [5, 5.41) is 0.490. The van der Waals surface area contributed by atoms with Gasteiger partial charge < -0.3 is 4.74 Å². The molecule has 6 heteroatoms. The molecule has 0 aliphatic carbocycles. The Labute approximate surface area is 173 Å². The van der Waals surface area contributed by atoms with E-state index in [2.05, 4.69) is 17.1 Å². The zero-order valence-corrected chi connectivity index (χ0v) is 16.8. The van der Waals surface area contributed by atoms with Gasteiger partial charge >= 0.3 is 5.97 Å². The zero-order chi connectivity index (χ0) is 20.2. The lowest BCUT2D eigenvalue weighted by Crippen LogP contribution is -2.28. The monoisotopic (exact) mass is 404 g/mol. The van der Waals surface area contributed by atoms with Crippen LogP contribution in [0.2, 0.25) is 0 Å². The Morgan fingerprint density at radius 3 is 2.21 bits per heavy atom.